The van der Waals surface area contributed by atoms with Gasteiger partial charge in [-0.1, -0.05) is 0 Å². The molecule has 1 aromatic carbocycles. The van der Waals surface area contributed by atoms with E-state index >= 15 is 0 Å². The van der Waals surface area contributed by atoms with Gasteiger partial charge in [-0.3, -0.25) is 4.21 Å². The summed E-state index contributed by atoms with van der Waals surface area (Å²) in [4.78, 5) is 0. The Hall–Kier alpha value is -1.44. The topological polar surface area (TPSA) is 64.3 Å². The van der Waals surface area contributed by atoms with Crippen LogP contribution < -0.4 is 15.8 Å². The van der Waals surface area contributed by atoms with Crippen LogP contribution in [0.4, 0.5) is 24.5 Å². The van der Waals surface area contributed by atoms with Crippen molar-refractivity contribution in [2.24, 2.45) is 0 Å². The zero-order valence-corrected chi connectivity index (χ0v) is 11.1. The van der Waals surface area contributed by atoms with Crippen LogP contribution in [0, 0.1) is 5.82 Å². The lowest BCUT2D eigenvalue weighted by Crippen LogP contribution is -2.09. The summed E-state index contributed by atoms with van der Waals surface area (Å²) in [5, 5.41) is 2.86. The molecule has 0 saturated heterocycles. The number of halogens is 3. The molecule has 0 amide bonds. The van der Waals surface area contributed by atoms with E-state index in [9.17, 15) is 17.4 Å². The summed E-state index contributed by atoms with van der Waals surface area (Å²) in [6, 6.07) is 2.00. The van der Waals surface area contributed by atoms with Crippen molar-refractivity contribution in [2.45, 2.75) is 13.0 Å². The average Bonchev–Trinajstić information content (AvgIpc) is 2.29. The fourth-order valence-electron chi connectivity index (χ4n) is 1.41. The van der Waals surface area contributed by atoms with Crippen LogP contribution in [0.1, 0.15) is 6.42 Å². The van der Waals surface area contributed by atoms with Gasteiger partial charge in [0.15, 0.2) is 11.6 Å². The minimum absolute atomic E-state index is 0.0942. The number of anilines is 2. The van der Waals surface area contributed by atoms with Crippen molar-refractivity contribution in [3.05, 3.63) is 17.9 Å². The van der Waals surface area contributed by atoms with E-state index in [0.717, 1.165) is 12.1 Å². The van der Waals surface area contributed by atoms with E-state index in [1.54, 1.807) is 6.26 Å². The Morgan fingerprint density at radius 2 is 2.16 bits per heavy atom. The normalized spacial score (nSPS) is 12.5. The van der Waals surface area contributed by atoms with Gasteiger partial charge < -0.3 is 15.8 Å². The van der Waals surface area contributed by atoms with E-state index in [-0.39, 0.29) is 5.69 Å². The van der Waals surface area contributed by atoms with Gasteiger partial charge in [-0.2, -0.15) is 8.78 Å². The highest BCUT2D eigenvalue weighted by molar-refractivity contribution is 7.84. The Morgan fingerprint density at radius 1 is 1.47 bits per heavy atom. The smallest absolute Gasteiger partial charge is 0.387 e. The fourth-order valence-corrected chi connectivity index (χ4v) is 1.96. The highest BCUT2D eigenvalue weighted by Crippen LogP contribution is 2.29. The maximum absolute atomic E-state index is 13.3. The molecular weight excluding hydrogens is 281 g/mol. The van der Waals surface area contributed by atoms with Crippen molar-refractivity contribution in [1.29, 1.82) is 0 Å². The van der Waals surface area contributed by atoms with Crippen LogP contribution in [0.5, 0.6) is 5.75 Å². The maximum Gasteiger partial charge on any atom is 0.387 e. The number of benzene rings is 1. The first-order valence-corrected chi connectivity index (χ1v) is 7.20. The third-order valence-electron chi connectivity index (χ3n) is 2.24. The predicted octanol–water partition coefficient (Wildman–Crippen LogP) is 2.19. The van der Waals surface area contributed by atoms with Gasteiger partial charge in [0, 0.05) is 41.5 Å². The van der Waals surface area contributed by atoms with Crippen LogP contribution in [0.25, 0.3) is 0 Å². The summed E-state index contributed by atoms with van der Waals surface area (Å²) in [5.41, 5.74) is 5.96. The molecule has 0 fully saturated rings. The quantitative estimate of drug-likeness (QED) is 0.598. The fraction of sp³-hybridized carbons (Fsp3) is 0.455. The molecule has 19 heavy (non-hydrogen) atoms. The SMILES string of the molecule is CS(=O)CCCNc1cc(OC(F)F)c(F)cc1N. The zero-order chi connectivity index (χ0) is 14.4. The number of hydrogen-bond donors (Lipinski definition) is 2. The van der Waals surface area contributed by atoms with Gasteiger partial charge in [0.05, 0.1) is 11.4 Å². The zero-order valence-electron chi connectivity index (χ0n) is 10.3. The molecule has 0 heterocycles. The number of ether oxygens (including phenoxy) is 1. The molecule has 108 valence electrons. The van der Waals surface area contributed by atoms with Crippen molar-refractivity contribution in [3.63, 3.8) is 0 Å². The van der Waals surface area contributed by atoms with Gasteiger partial charge in [-0.15, -0.1) is 0 Å². The molecule has 0 radical (unpaired) electrons. The largest absolute Gasteiger partial charge is 0.432 e. The molecular formula is C11H15F3N2O2S. The summed E-state index contributed by atoms with van der Waals surface area (Å²) in [7, 11) is -0.900. The molecule has 0 aromatic heterocycles. The average molecular weight is 296 g/mol. The number of hydrogen-bond acceptors (Lipinski definition) is 4. The van der Waals surface area contributed by atoms with Gasteiger partial charge in [0.2, 0.25) is 0 Å². The van der Waals surface area contributed by atoms with Gasteiger partial charge in [-0.25, -0.2) is 4.39 Å². The van der Waals surface area contributed by atoms with Crippen LogP contribution in [0.3, 0.4) is 0 Å². The third kappa shape index (κ3) is 5.37. The standard InChI is InChI=1S/C11H15F3N2O2S/c1-19(17)4-2-3-16-9-6-10(18-11(13)14)7(12)5-8(9)15/h5-6,11,16H,2-4,15H2,1H3. The third-order valence-corrected chi connectivity index (χ3v) is 3.11. The molecule has 8 heteroatoms. The lowest BCUT2D eigenvalue weighted by atomic mass is 10.2. The molecule has 0 saturated carbocycles. The van der Waals surface area contributed by atoms with Gasteiger partial charge in [0.1, 0.15) is 0 Å². The first-order chi connectivity index (χ1) is 8.90. The number of nitrogens with one attached hydrogen (secondary N) is 1. The molecule has 1 unspecified atom stereocenters. The Balaban J connectivity index is 2.69. The minimum Gasteiger partial charge on any atom is -0.432 e. The van der Waals surface area contributed by atoms with Crippen LogP contribution in [-0.2, 0) is 10.8 Å². The van der Waals surface area contributed by atoms with Crippen LogP contribution in [0.2, 0.25) is 0 Å². The van der Waals surface area contributed by atoms with Crippen molar-refractivity contribution in [3.8, 4) is 5.75 Å². The number of nitrogen functional groups attached to an aromatic ring is 1. The number of rotatable bonds is 7. The number of nitrogens with two attached hydrogens (primary N) is 1. The minimum atomic E-state index is -3.10. The Kier molecular flexibility index (Phi) is 5.94. The van der Waals surface area contributed by atoms with E-state index in [0.29, 0.717) is 24.4 Å². The molecule has 0 aliphatic heterocycles. The Morgan fingerprint density at radius 3 is 2.74 bits per heavy atom. The highest BCUT2D eigenvalue weighted by atomic mass is 32.2. The first kappa shape index (κ1) is 15.6. The summed E-state index contributed by atoms with van der Waals surface area (Å²) in [6.07, 6.45) is 2.20. The second-order valence-electron chi connectivity index (χ2n) is 3.81. The summed E-state index contributed by atoms with van der Waals surface area (Å²) in [5.74, 6) is -1.00. The second kappa shape index (κ2) is 7.22. The molecule has 0 bridgehead atoms. The van der Waals surface area contributed by atoms with E-state index in [4.69, 9.17) is 5.73 Å². The van der Waals surface area contributed by atoms with Crippen LogP contribution in [-0.4, -0.2) is 29.4 Å². The first-order valence-electron chi connectivity index (χ1n) is 5.48. The highest BCUT2D eigenvalue weighted by Gasteiger charge is 2.13. The van der Waals surface area contributed by atoms with E-state index in [1.807, 2.05) is 0 Å². The molecule has 1 aromatic rings. The van der Waals surface area contributed by atoms with Crippen molar-refractivity contribution in [1.82, 2.24) is 0 Å². The van der Waals surface area contributed by atoms with Crippen LogP contribution >= 0.6 is 0 Å². The monoisotopic (exact) mass is 296 g/mol. The molecule has 0 aliphatic rings. The molecule has 3 N–H and O–H groups in total. The molecule has 0 aliphatic carbocycles. The molecule has 0 spiro atoms. The second-order valence-corrected chi connectivity index (χ2v) is 5.36. The van der Waals surface area contributed by atoms with Gasteiger partial charge in [0.25, 0.3) is 0 Å². The van der Waals surface area contributed by atoms with Crippen molar-refractivity contribution < 1.29 is 22.1 Å². The van der Waals surface area contributed by atoms with Crippen molar-refractivity contribution in [2.75, 3.05) is 29.6 Å². The molecule has 1 rings (SSSR count). The van der Waals surface area contributed by atoms with Gasteiger partial charge in [-0.05, 0) is 6.42 Å². The van der Waals surface area contributed by atoms with E-state index < -0.39 is 29.0 Å². The van der Waals surface area contributed by atoms with E-state index in [1.165, 1.54) is 0 Å². The maximum atomic E-state index is 13.3. The molecule has 1 atom stereocenters. The Bertz CT molecular complexity index is 458. The van der Waals surface area contributed by atoms with Gasteiger partial charge >= 0.3 is 6.61 Å². The van der Waals surface area contributed by atoms with Crippen molar-refractivity contribution >= 4 is 22.2 Å². The summed E-state index contributed by atoms with van der Waals surface area (Å²) in [6.45, 7) is -2.66. The van der Waals surface area contributed by atoms with Crippen LogP contribution in [0.15, 0.2) is 12.1 Å². The summed E-state index contributed by atoms with van der Waals surface area (Å²) >= 11 is 0. The predicted molar refractivity (Wildman–Crippen MR) is 69.5 cm³/mol. The molecule has 4 nitrogen and oxygen atoms in total. The van der Waals surface area contributed by atoms with E-state index in [2.05, 4.69) is 10.1 Å². The lowest BCUT2D eigenvalue weighted by Gasteiger charge is -2.12. The Labute approximate surface area is 111 Å². The summed E-state index contributed by atoms with van der Waals surface area (Å²) < 4.78 is 52.3. The number of alkyl halides is 2. The lowest BCUT2D eigenvalue weighted by molar-refractivity contribution is -0.0521.